The average Bonchev–Trinajstić information content (AvgIpc) is 3.04. The molecule has 0 aliphatic carbocycles. The van der Waals surface area contributed by atoms with Gasteiger partial charge in [-0.1, -0.05) is 66.2 Å². The predicted molar refractivity (Wildman–Crippen MR) is 174 cm³/mol. The summed E-state index contributed by atoms with van der Waals surface area (Å²) in [4.78, 5) is 18.8. The molecule has 0 fully saturated rings. The van der Waals surface area contributed by atoms with Gasteiger partial charge in [0, 0.05) is 47.8 Å². The molecule has 0 spiro atoms. The van der Waals surface area contributed by atoms with E-state index in [1.807, 2.05) is 79.7 Å². The number of benzene rings is 4. The highest BCUT2D eigenvalue weighted by Gasteiger charge is 2.23. The van der Waals surface area contributed by atoms with Crippen molar-refractivity contribution in [1.82, 2.24) is 15.2 Å². The highest BCUT2D eigenvalue weighted by Crippen LogP contribution is 2.30. The van der Waals surface area contributed by atoms with Crippen LogP contribution in [0.15, 0.2) is 109 Å². The fourth-order valence-corrected chi connectivity index (χ4v) is 5.42. The Morgan fingerprint density at radius 1 is 0.955 bits per heavy atom. The highest BCUT2D eigenvalue weighted by molar-refractivity contribution is 6.30. The molecule has 226 valence electrons. The van der Waals surface area contributed by atoms with E-state index in [1.54, 1.807) is 36.5 Å². The lowest BCUT2D eigenvalue weighted by Crippen LogP contribution is -2.41. The maximum absolute atomic E-state index is 12.3. The molecule has 1 amide bonds. The number of fused-ring (bicyclic) bond motifs is 1. The maximum atomic E-state index is 12.3. The molecule has 7 nitrogen and oxygen atoms in total. The van der Waals surface area contributed by atoms with E-state index in [4.69, 9.17) is 16.3 Å². The van der Waals surface area contributed by atoms with E-state index < -0.39 is 6.10 Å². The molecule has 0 aliphatic rings. The molecule has 0 bridgehead atoms. The van der Waals surface area contributed by atoms with Crippen molar-refractivity contribution in [3.63, 3.8) is 0 Å². The molecular weight excluding hydrogens is 574 g/mol. The topological polar surface area (TPSA) is 94.9 Å². The molecule has 0 unspecified atom stereocenters. The van der Waals surface area contributed by atoms with Crippen LogP contribution in [-0.4, -0.2) is 51.7 Å². The van der Waals surface area contributed by atoms with Gasteiger partial charge in [0.1, 0.15) is 11.5 Å². The summed E-state index contributed by atoms with van der Waals surface area (Å²) < 4.78 is 6.22. The quantitative estimate of drug-likeness (QED) is 0.140. The van der Waals surface area contributed by atoms with Crippen LogP contribution in [-0.2, 0) is 13.0 Å². The number of aliphatic hydroxyl groups excluding tert-OH is 2. The van der Waals surface area contributed by atoms with Crippen LogP contribution < -0.4 is 10.1 Å². The van der Waals surface area contributed by atoms with E-state index in [9.17, 15) is 15.0 Å². The largest absolute Gasteiger partial charge is 0.457 e. The number of halogens is 1. The van der Waals surface area contributed by atoms with Gasteiger partial charge in [-0.25, -0.2) is 0 Å². The van der Waals surface area contributed by atoms with Crippen LogP contribution in [0, 0.1) is 0 Å². The predicted octanol–water partition coefficient (Wildman–Crippen LogP) is 6.57. The van der Waals surface area contributed by atoms with Gasteiger partial charge in [-0.15, -0.1) is 0 Å². The summed E-state index contributed by atoms with van der Waals surface area (Å²) in [6, 6.07) is 32.0. The lowest BCUT2D eigenvalue weighted by molar-refractivity contribution is 0.0566. The van der Waals surface area contributed by atoms with Crippen LogP contribution >= 0.6 is 11.6 Å². The normalized spacial score (nSPS) is 12.7. The minimum atomic E-state index is -0.769. The Balaban J connectivity index is 1.31. The third-order valence-corrected chi connectivity index (χ3v) is 7.76. The average molecular weight is 610 g/mol. The molecule has 5 rings (SSSR count). The first-order valence-corrected chi connectivity index (χ1v) is 15.1. The molecule has 0 saturated carbocycles. The smallest absolute Gasteiger partial charge is 0.251 e. The molecule has 1 heterocycles. The Kier molecular flexibility index (Phi) is 10.6. The zero-order valence-electron chi connectivity index (χ0n) is 24.6. The second kappa shape index (κ2) is 14.9. The van der Waals surface area contributed by atoms with Crippen LogP contribution in [0.3, 0.4) is 0 Å². The fourth-order valence-electron chi connectivity index (χ4n) is 5.22. The molecule has 5 aromatic rings. The summed E-state index contributed by atoms with van der Waals surface area (Å²) in [5.74, 6) is 1.16. The molecule has 2 atom stereocenters. The minimum absolute atomic E-state index is 0.0748. The van der Waals surface area contributed by atoms with E-state index in [0.717, 1.165) is 22.1 Å². The van der Waals surface area contributed by atoms with Crippen molar-refractivity contribution >= 4 is 28.4 Å². The molecule has 4 aromatic carbocycles. The van der Waals surface area contributed by atoms with E-state index >= 15 is 0 Å². The second-order valence-electron chi connectivity index (χ2n) is 10.7. The van der Waals surface area contributed by atoms with Gasteiger partial charge in [-0.2, -0.15) is 0 Å². The van der Waals surface area contributed by atoms with Crippen LogP contribution in [0.5, 0.6) is 11.5 Å². The van der Waals surface area contributed by atoms with E-state index in [-0.39, 0.29) is 18.6 Å². The summed E-state index contributed by atoms with van der Waals surface area (Å²) in [7, 11) is 0. The number of carbonyl (C=O) groups excluding carboxylic acids is 1. The molecule has 0 saturated heterocycles. The van der Waals surface area contributed by atoms with Crippen molar-refractivity contribution in [3.05, 3.63) is 137 Å². The first-order valence-electron chi connectivity index (χ1n) is 14.7. The van der Waals surface area contributed by atoms with Gasteiger partial charge >= 0.3 is 0 Å². The number of ether oxygens (including phenoxy) is 1. The highest BCUT2D eigenvalue weighted by atomic mass is 35.5. The van der Waals surface area contributed by atoms with Gasteiger partial charge in [0.25, 0.3) is 5.91 Å². The van der Waals surface area contributed by atoms with E-state index in [1.165, 1.54) is 0 Å². The summed E-state index contributed by atoms with van der Waals surface area (Å²) >= 11 is 6.18. The lowest BCUT2D eigenvalue weighted by Gasteiger charge is -2.32. The number of aliphatic hydroxyl groups is 2. The van der Waals surface area contributed by atoms with Gasteiger partial charge < -0.3 is 20.3 Å². The van der Waals surface area contributed by atoms with Crippen molar-refractivity contribution in [2.45, 2.75) is 32.0 Å². The fraction of sp³-hybridized carbons (Fsp3) is 0.222. The number of nitrogens with one attached hydrogen (secondary N) is 1. The Morgan fingerprint density at radius 2 is 1.75 bits per heavy atom. The monoisotopic (exact) mass is 609 g/mol. The van der Waals surface area contributed by atoms with Crippen molar-refractivity contribution in [2.75, 3.05) is 19.7 Å². The van der Waals surface area contributed by atoms with E-state index in [2.05, 4.69) is 15.2 Å². The van der Waals surface area contributed by atoms with Crippen molar-refractivity contribution < 1.29 is 19.7 Å². The first-order chi connectivity index (χ1) is 21.4. The Hall–Kier alpha value is -4.27. The number of nitrogens with zero attached hydrogens (tertiary/aromatic N) is 2. The third kappa shape index (κ3) is 8.01. The minimum Gasteiger partial charge on any atom is -0.457 e. The Bertz CT molecular complexity index is 1680. The standard InChI is InChI=1S/C36H36ClN3O4/c1-2-38-36(43)28-13-16-32-33(21-28)39-18-17-35(32)44-31-14-11-25(12-15-31)19-30(24-41)40(22-26-7-4-3-5-8-26)23-34(42)27-9-6-10-29(37)20-27/h3-18,20-21,30,34,41-42H,2,19,22-24H2,1H3,(H,38,43)/t30-,34+/m0/s1. The lowest BCUT2D eigenvalue weighted by atomic mass is 10.0. The van der Waals surface area contributed by atoms with Gasteiger partial charge in [-0.05, 0) is 78.6 Å². The first kappa shape index (κ1) is 31.2. The summed E-state index contributed by atoms with van der Waals surface area (Å²) in [6.07, 6.45) is 1.47. The van der Waals surface area contributed by atoms with Crippen molar-refractivity contribution in [2.24, 2.45) is 0 Å². The SMILES string of the molecule is CCNC(=O)c1ccc2c(Oc3ccc(C[C@@H](CO)N(Cc4ccccc4)C[C@@H](O)c4cccc(Cl)c4)cc3)ccnc2c1. The van der Waals surface area contributed by atoms with Gasteiger partial charge in [0.05, 0.1) is 18.2 Å². The van der Waals surface area contributed by atoms with Crippen LogP contribution in [0.4, 0.5) is 0 Å². The summed E-state index contributed by atoms with van der Waals surface area (Å²) in [5.41, 5.74) is 4.08. The summed E-state index contributed by atoms with van der Waals surface area (Å²) in [5, 5.41) is 25.8. The Labute approximate surface area is 262 Å². The zero-order chi connectivity index (χ0) is 30.9. The number of pyridine rings is 1. The molecule has 3 N–H and O–H groups in total. The molecular formula is C36H36ClN3O4. The van der Waals surface area contributed by atoms with Gasteiger partial charge in [-0.3, -0.25) is 14.7 Å². The van der Waals surface area contributed by atoms with Crippen LogP contribution in [0.2, 0.25) is 5.02 Å². The number of hydrogen-bond acceptors (Lipinski definition) is 6. The van der Waals surface area contributed by atoms with Gasteiger partial charge in [0.15, 0.2) is 0 Å². The number of amides is 1. The van der Waals surface area contributed by atoms with Crippen LogP contribution in [0.1, 0.15) is 40.1 Å². The van der Waals surface area contributed by atoms with Gasteiger partial charge in [0.2, 0.25) is 0 Å². The molecule has 44 heavy (non-hydrogen) atoms. The zero-order valence-corrected chi connectivity index (χ0v) is 25.3. The number of hydrogen-bond donors (Lipinski definition) is 3. The third-order valence-electron chi connectivity index (χ3n) is 7.52. The molecule has 0 aliphatic heterocycles. The van der Waals surface area contributed by atoms with Crippen molar-refractivity contribution in [1.29, 1.82) is 0 Å². The summed E-state index contributed by atoms with van der Waals surface area (Å²) in [6.45, 7) is 3.26. The second-order valence-corrected chi connectivity index (χ2v) is 11.1. The number of rotatable bonds is 13. The Morgan fingerprint density at radius 3 is 2.48 bits per heavy atom. The number of aromatic nitrogens is 1. The maximum Gasteiger partial charge on any atom is 0.251 e. The molecule has 1 aromatic heterocycles. The molecule has 0 radical (unpaired) electrons. The van der Waals surface area contributed by atoms with Crippen LogP contribution in [0.25, 0.3) is 10.9 Å². The molecule has 8 heteroatoms. The number of carbonyl (C=O) groups is 1. The van der Waals surface area contributed by atoms with E-state index in [0.29, 0.717) is 53.7 Å². The van der Waals surface area contributed by atoms with Crippen molar-refractivity contribution in [3.8, 4) is 11.5 Å².